The van der Waals surface area contributed by atoms with E-state index in [-0.39, 0.29) is 29.9 Å². The summed E-state index contributed by atoms with van der Waals surface area (Å²) in [6.07, 6.45) is 8.57. The molecule has 0 unspecified atom stereocenters. The number of hydrogen-bond donors (Lipinski definition) is 5. The highest BCUT2D eigenvalue weighted by Crippen LogP contribution is 2.20. The number of hydrogen-bond acceptors (Lipinski definition) is 6. The number of alkyl halides is 2. The molecule has 14 nitrogen and oxygen atoms in total. The Morgan fingerprint density at radius 1 is 0.755 bits per heavy atom. The molecule has 5 N–H and O–H groups in total. The molecule has 3 aromatic heterocycles. The van der Waals surface area contributed by atoms with E-state index in [1.165, 1.54) is 6.08 Å². The first-order valence-electron chi connectivity index (χ1n) is 16.5. The number of carbonyl (C=O) groups excluding carboxylic acids is 4. The molecule has 0 aliphatic carbocycles. The number of nitrogens with zero attached hydrogens (tertiary/aromatic N) is 5. The lowest BCUT2D eigenvalue weighted by molar-refractivity contribution is -0.111. The molecule has 0 saturated heterocycles. The van der Waals surface area contributed by atoms with Gasteiger partial charge < -0.3 is 45.2 Å². The number of aryl methyl sites for hydroxylation is 3. The Hall–Kier alpha value is -5.18. The zero-order valence-electron chi connectivity index (χ0n) is 30.2. The average Bonchev–Trinajstić information content (AvgIpc) is 3.80. The minimum Gasteiger partial charge on any atom is -0.377 e. The number of halogens is 3. The fourth-order valence-corrected chi connectivity index (χ4v) is 5.83. The number of nitrogens with one attached hydrogen (secondary N) is 5. The summed E-state index contributed by atoms with van der Waals surface area (Å²) in [5, 5.41) is 14.2. The van der Waals surface area contributed by atoms with Gasteiger partial charge in [0.25, 0.3) is 17.7 Å². The molecular weight excluding hydrogens is 743 g/mol. The summed E-state index contributed by atoms with van der Waals surface area (Å²) in [6.45, 7) is 1.76. The molecular formula is C36H45Cl3N10O4. The van der Waals surface area contributed by atoms with Gasteiger partial charge in [-0.25, -0.2) is 0 Å². The second kappa shape index (κ2) is 20.2. The van der Waals surface area contributed by atoms with Crippen LogP contribution < -0.4 is 31.5 Å². The smallest absolute Gasteiger partial charge is 0.272 e. The Morgan fingerprint density at radius 2 is 1.23 bits per heavy atom. The Morgan fingerprint density at radius 3 is 1.68 bits per heavy atom. The van der Waals surface area contributed by atoms with E-state index in [4.69, 9.17) is 23.2 Å². The highest BCUT2D eigenvalue weighted by atomic mass is 35.5. The van der Waals surface area contributed by atoms with Crippen LogP contribution in [0.5, 0.6) is 0 Å². The van der Waals surface area contributed by atoms with E-state index in [1.807, 2.05) is 24.3 Å². The zero-order chi connectivity index (χ0) is 37.8. The number of rotatable bonds is 16. The Kier molecular flexibility index (Phi) is 16.1. The van der Waals surface area contributed by atoms with Crippen LogP contribution in [0.1, 0.15) is 43.4 Å². The van der Waals surface area contributed by atoms with Crippen LogP contribution in [0.15, 0.2) is 72.1 Å². The molecule has 0 radical (unpaired) electrons. The molecule has 0 bridgehead atoms. The first-order chi connectivity index (χ1) is 25.0. The summed E-state index contributed by atoms with van der Waals surface area (Å²) < 4.78 is 4.81. The SMILES string of the molecule is CN=C(CCNC(=O)c1cc(NC(=O)c2cc(NC(=O)c3cc(NC(=O)/C=C/c4ccc(N(CCCl)CCCl)cc4)cn3C)cn2C)cn1C)NC.Cl. The van der Waals surface area contributed by atoms with Gasteiger partial charge in [-0.15, -0.1) is 35.6 Å². The standard InChI is InChI=1S/C36H44Cl2N10O4.ClH/c1-39-32(40-2)12-15-41-34(50)29-19-26(22-45(29)3)43-36(52)31-20-27(23-47(31)5)44-35(51)30-18-25(21-46(30)4)42-33(49)11-8-24-6-9-28(10-7-24)48(16-13-37)17-14-38;/h6-11,18-23H,12-17H2,1-5H3,(H,39,40)(H,41,50)(H,42,49)(H,43,52)(H,44,51);1H/b11-8+;. The molecule has 4 amide bonds. The Labute approximate surface area is 325 Å². The van der Waals surface area contributed by atoms with Gasteiger partial charge in [0.2, 0.25) is 5.91 Å². The van der Waals surface area contributed by atoms with Crippen molar-refractivity contribution in [2.24, 2.45) is 26.1 Å². The van der Waals surface area contributed by atoms with Crippen molar-refractivity contribution in [3.63, 3.8) is 0 Å². The molecule has 4 aromatic rings. The van der Waals surface area contributed by atoms with Gasteiger partial charge >= 0.3 is 0 Å². The quantitative estimate of drug-likeness (QED) is 0.0469. The van der Waals surface area contributed by atoms with Crippen molar-refractivity contribution < 1.29 is 19.2 Å². The molecule has 0 spiro atoms. The van der Waals surface area contributed by atoms with Crippen molar-refractivity contribution >= 4 is 93.9 Å². The van der Waals surface area contributed by atoms with E-state index >= 15 is 0 Å². The fourth-order valence-electron chi connectivity index (χ4n) is 5.43. The van der Waals surface area contributed by atoms with E-state index < -0.39 is 11.8 Å². The predicted molar refractivity (Wildman–Crippen MR) is 217 cm³/mol. The second-order valence-corrected chi connectivity index (χ2v) is 12.5. The maximum absolute atomic E-state index is 13.2. The average molecular weight is 788 g/mol. The van der Waals surface area contributed by atoms with Crippen molar-refractivity contribution in [3.05, 3.63) is 89.8 Å². The lowest BCUT2D eigenvalue weighted by Crippen LogP contribution is -2.30. The van der Waals surface area contributed by atoms with Crippen LogP contribution in [0.2, 0.25) is 0 Å². The van der Waals surface area contributed by atoms with Gasteiger partial charge in [0.1, 0.15) is 17.1 Å². The van der Waals surface area contributed by atoms with Crippen molar-refractivity contribution in [3.8, 4) is 0 Å². The zero-order valence-corrected chi connectivity index (χ0v) is 32.5. The largest absolute Gasteiger partial charge is 0.377 e. The van der Waals surface area contributed by atoms with Crippen molar-refractivity contribution in [2.75, 3.05) is 66.3 Å². The van der Waals surface area contributed by atoms with Gasteiger partial charge in [-0.05, 0) is 42.0 Å². The van der Waals surface area contributed by atoms with E-state index in [0.29, 0.717) is 66.3 Å². The minimum absolute atomic E-state index is 0. The normalized spacial score (nSPS) is 11.2. The van der Waals surface area contributed by atoms with Crippen LogP contribution in [0.3, 0.4) is 0 Å². The van der Waals surface area contributed by atoms with Gasteiger partial charge in [-0.2, -0.15) is 0 Å². The molecule has 0 aliphatic heterocycles. The maximum Gasteiger partial charge on any atom is 0.272 e. The number of amides is 4. The first-order valence-corrected chi connectivity index (χ1v) is 17.5. The summed E-state index contributed by atoms with van der Waals surface area (Å²) in [6, 6.07) is 12.4. The van der Waals surface area contributed by atoms with Crippen LogP contribution in [-0.2, 0) is 25.9 Å². The molecule has 4 rings (SSSR count). The summed E-state index contributed by atoms with van der Waals surface area (Å²) in [5.41, 5.74) is 4.07. The molecule has 284 valence electrons. The van der Waals surface area contributed by atoms with E-state index in [1.54, 1.807) is 91.8 Å². The van der Waals surface area contributed by atoms with Gasteiger partial charge in [0, 0.05) is 103 Å². The molecule has 1 aromatic carbocycles. The first kappa shape index (κ1) is 42.2. The van der Waals surface area contributed by atoms with Crippen LogP contribution in [0.25, 0.3) is 6.08 Å². The van der Waals surface area contributed by atoms with Gasteiger partial charge in [-0.3, -0.25) is 24.2 Å². The van der Waals surface area contributed by atoms with Gasteiger partial charge in [0.05, 0.1) is 22.9 Å². The van der Waals surface area contributed by atoms with Gasteiger partial charge in [-0.1, -0.05) is 12.1 Å². The number of benzene rings is 1. The maximum atomic E-state index is 13.2. The summed E-state index contributed by atoms with van der Waals surface area (Å²) in [7, 11) is 8.54. The van der Waals surface area contributed by atoms with E-state index in [2.05, 4.69) is 36.5 Å². The van der Waals surface area contributed by atoms with Crippen molar-refractivity contribution in [2.45, 2.75) is 6.42 Å². The summed E-state index contributed by atoms with van der Waals surface area (Å²) in [4.78, 5) is 57.9. The fraction of sp³-hybridized carbons (Fsp3) is 0.306. The van der Waals surface area contributed by atoms with Crippen LogP contribution >= 0.6 is 35.6 Å². The number of amidine groups is 1. The Bertz CT molecular complexity index is 1940. The second-order valence-electron chi connectivity index (χ2n) is 11.8. The predicted octanol–water partition coefficient (Wildman–Crippen LogP) is 4.93. The topological polar surface area (TPSA) is 159 Å². The third kappa shape index (κ3) is 11.7. The number of anilines is 4. The van der Waals surface area contributed by atoms with Crippen molar-refractivity contribution in [1.29, 1.82) is 0 Å². The number of carbonyl (C=O) groups is 4. The highest BCUT2D eigenvalue weighted by Gasteiger charge is 2.19. The Balaban J connectivity index is 0.00000756. The lowest BCUT2D eigenvalue weighted by atomic mass is 10.2. The van der Waals surface area contributed by atoms with E-state index in [0.717, 1.165) is 17.1 Å². The minimum atomic E-state index is -0.431. The number of aromatic nitrogens is 3. The summed E-state index contributed by atoms with van der Waals surface area (Å²) in [5.74, 6) is 0.251. The van der Waals surface area contributed by atoms with Crippen LogP contribution in [0, 0.1) is 0 Å². The van der Waals surface area contributed by atoms with Gasteiger partial charge in [0.15, 0.2) is 0 Å². The lowest BCUT2D eigenvalue weighted by Gasteiger charge is -2.22. The third-order valence-corrected chi connectivity index (χ3v) is 8.43. The molecule has 17 heteroatoms. The molecule has 3 heterocycles. The van der Waals surface area contributed by atoms with Crippen molar-refractivity contribution in [1.82, 2.24) is 24.3 Å². The van der Waals surface area contributed by atoms with Crippen LogP contribution in [0.4, 0.5) is 22.7 Å². The van der Waals surface area contributed by atoms with Crippen LogP contribution in [-0.4, -0.2) is 88.7 Å². The molecule has 0 aliphatic rings. The number of aliphatic imine (C=N–C) groups is 1. The molecule has 0 fully saturated rings. The summed E-state index contributed by atoms with van der Waals surface area (Å²) >= 11 is 11.8. The molecule has 0 atom stereocenters. The third-order valence-electron chi connectivity index (χ3n) is 8.10. The molecule has 0 saturated carbocycles. The molecule has 53 heavy (non-hydrogen) atoms. The van der Waals surface area contributed by atoms with E-state index in [9.17, 15) is 19.2 Å². The highest BCUT2D eigenvalue weighted by molar-refractivity contribution is 6.18. The monoisotopic (exact) mass is 786 g/mol.